The fourth-order valence-electron chi connectivity index (χ4n) is 2.98. The van der Waals surface area contributed by atoms with E-state index in [1.165, 1.54) is 37.4 Å². The number of ether oxygens (including phenoxy) is 4. The zero-order valence-corrected chi connectivity index (χ0v) is 17.0. The van der Waals surface area contributed by atoms with E-state index >= 15 is 0 Å². The number of rotatable bonds is 7. The molecule has 32 heavy (non-hydrogen) atoms. The Balaban J connectivity index is 1.38. The largest absolute Gasteiger partial charge is 0.493 e. The molecule has 0 saturated carbocycles. The highest BCUT2D eigenvalue weighted by Crippen LogP contribution is 2.34. The predicted molar refractivity (Wildman–Crippen MR) is 114 cm³/mol. The van der Waals surface area contributed by atoms with Gasteiger partial charge in [0.1, 0.15) is 5.82 Å². The number of hydrogen-bond donors (Lipinski definition) is 2. The lowest BCUT2D eigenvalue weighted by molar-refractivity contribution is -0.118. The van der Waals surface area contributed by atoms with E-state index < -0.39 is 11.7 Å². The molecule has 0 spiro atoms. The molecule has 2 N–H and O–H groups in total. The lowest BCUT2D eigenvalue weighted by Gasteiger charge is -2.13. The van der Waals surface area contributed by atoms with Gasteiger partial charge < -0.3 is 29.6 Å². The number of benzene rings is 3. The number of methoxy groups -OCH3 is 1. The molecule has 2 amide bonds. The molecule has 4 rings (SSSR count). The van der Waals surface area contributed by atoms with Gasteiger partial charge in [-0.1, -0.05) is 0 Å². The van der Waals surface area contributed by atoms with Crippen molar-refractivity contribution in [3.8, 4) is 23.0 Å². The molecule has 164 valence electrons. The average Bonchev–Trinajstić information content (AvgIpc) is 3.27. The Kier molecular flexibility index (Phi) is 6.07. The van der Waals surface area contributed by atoms with Crippen LogP contribution < -0.4 is 29.6 Å². The van der Waals surface area contributed by atoms with Gasteiger partial charge in [-0.2, -0.15) is 0 Å². The summed E-state index contributed by atoms with van der Waals surface area (Å²) in [6.45, 7) is -0.149. The standard InChI is InChI=1S/C23H19FN2O6/c1-29-20-10-14(23(28)26-17-7-9-19-21(11-17)32-13-31-19)2-8-18(20)30-12-22(27)25-16-5-3-15(24)4-6-16/h2-11H,12-13H2,1H3,(H,25,27)(H,26,28). The maximum Gasteiger partial charge on any atom is 0.262 e. The van der Waals surface area contributed by atoms with Crippen molar-refractivity contribution in [1.29, 1.82) is 0 Å². The molecule has 1 heterocycles. The Hall–Kier alpha value is -4.27. The van der Waals surface area contributed by atoms with Crippen molar-refractivity contribution in [2.75, 3.05) is 31.1 Å². The van der Waals surface area contributed by atoms with Crippen LogP contribution in [0.3, 0.4) is 0 Å². The summed E-state index contributed by atoms with van der Waals surface area (Å²) in [4.78, 5) is 24.7. The molecule has 0 bridgehead atoms. The number of carbonyl (C=O) groups excluding carboxylic acids is 2. The lowest BCUT2D eigenvalue weighted by atomic mass is 10.1. The van der Waals surface area contributed by atoms with Crippen LogP contribution in [0.5, 0.6) is 23.0 Å². The maximum absolute atomic E-state index is 13.0. The van der Waals surface area contributed by atoms with E-state index in [4.69, 9.17) is 18.9 Å². The van der Waals surface area contributed by atoms with Crippen LogP contribution in [-0.4, -0.2) is 32.3 Å². The van der Waals surface area contributed by atoms with Crippen LogP contribution in [0.25, 0.3) is 0 Å². The Morgan fingerprint density at radius 3 is 2.44 bits per heavy atom. The van der Waals surface area contributed by atoms with Gasteiger partial charge in [0.15, 0.2) is 29.6 Å². The van der Waals surface area contributed by atoms with Crippen LogP contribution >= 0.6 is 0 Å². The lowest BCUT2D eigenvalue weighted by Crippen LogP contribution is -2.20. The summed E-state index contributed by atoms with van der Waals surface area (Å²) in [6, 6.07) is 15.1. The molecule has 3 aromatic rings. The van der Waals surface area contributed by atoms with Gasteiger partial charge in [0.2, 0.25) is 6.79 Å². The van der Waals surface area contributed by atoms with Gasteiger partial charge in [-0.25, -0.2) is 4.39 Å². The summed E-state index contributed by atoms with van der Waals surface area (Å²) in [7, 11) is 1.43. The first-order chi connectivity index (χ1) is 15.5. The van der Waals surface area contributed by atoms with E-state index in [0.717, 1.165) is 0 Å². The molecule has 0 unspecified atom stereocenters. The minimum Gasteiger partial charge on any atom is -0.493 e. The minimum absolute atomic E-state index is 0.146. The number of nitrogens with one attached hydrogen (secondary N) is 2. The van der Waals surface area contributed by atoms with Crippen LogP contribution in [0.15, 0.2) is 60.7 Å². The summed E-state index contributed by atoms with van der Waals surface area (Å²) in [6.07, 6.45) is 0. The van der Waals surface area contributed by atoms with E-state index in [1.807, 2.05) is 0 Å². The van der Waals surface area contributed by atoms with Gasteiger partial charge >= 0.3 is 0 Å². The first-order valence-electron chi connectivity index (χ1n) is 9.59. The molecule has 0 atom stereocenters. The molecule has 1 aliphatic rings. The fourth-order valence-corrected chi connectivity index (χ4v) is 2.98. The monoisotopic (exact) mass is 438 g/mol. The smallest absolute Gasteiger partial charge is 0.262 e. The maximum atomic E-state index is 13.0. The zero-order valence-electron chi connectivity index (χ0n) is 17.0. The van der Waals surface area contributed by atoms with Gasteiger partial charge in [0.25, 0.3) is 11.8 Å². The third-order valence-electron chi connectivity index (χ3n) is 4.54. The first-order valence-corrected chi connectivity index (χ1v) is 9.59. The van der Waals surface area contributed by atoms with Crippen molar-refractivity contribution in [3.05, 3.63) is 72.0 Å². The topological polar surface area (TPSA) is 95.1 Å². The molecule has 3 aromatic carbocycles. The Morgan fingerprint density at radius 1 is 0.906 bits per heavy atom. The summed E-state index contributed by atoms with van der Waals surface area (Å²) in [5.74, 6) is 0.578. The number of amides is 2. The normalized spacial score (nSPS) is 11.6. The van der Waals surface area contributed by atoms with E-state index in [1.54, 1.807) is 30.3 Å². The van der Waals surface area contributed by atoms with Crippen molar-refractivity contribution >= 4 is 23.2 Å². The van der Waals surface area contributed by atoms with E-state index in [0.29, 0.717) is 34.2 Å². The quantitative estimate of drug-likeness (QED) is 0.582. The molecule has 0 fully saturated rings. The van der Waals surface area contributed by atoms with Gasteiger partial charge in [-0.05, 0) is 54.6 Å². The van der Waals surface area contributed by atoms with Gasteiger partial charge in [-0.15, -0.1) is 0 Å². The van der Waals surface area contributed by atoms with E-state index in [-0.39, 0.29) is 25.1 Å². The zero-order chi connectivity index (χ0) is 22.5. The van der Waals surface area contributed by atoms with Gasteiger partial charge in [0, 0.05) is 23.0 Å². The van der Waals surface area contributed by atoms with Crippen LogP contribution in [0.2, 0.25) is 0 Å². The second-order valence-corrected chi connectivity index (χ2v) is 6.73. The number of anilines is 2. The molecule has 9 heteroatoms. The SMILES string of the molecule is COc1cc(C(=O)Nc2ccc3c(c2)OCO3)ccc1OCC(=O)Nc1ccc(F)cc1. The number of halogens is 1. The van der Waals surface area contributed by atoms with Crippen LogP contribution in [0, 0.1) is 5.82 Å². The molecular weight excluding hydrogens is 419 g/mol. The predicted octanol–water partition coefficient (Wildman–Crippen LogP) is 3.83. The van der Waals surface area contributed by atoms with Crippen molar-refractivity contribution in [1.82, 2.24) is 0 Å². The second kappa shape index (κ2) is 9.25. The molecule has 0 aliphatic carbocycles. The number of carbonyl (C=O) groups is 2. The van der Waals surface area contributed by atoms with Crippen LogP contribution in [0.4, 0.5) is 15.8 Å². The van der Waals surface area contributed by atoms with Crippen LogP contribution in [0.1, 0.15) is 10.4 Å². The fraction of sp³-hybridized carbons (Fsp3) is 0.130. The van der Waals surface area contributed by atoms with Crippen molar-refractivity contribution in [3.63, 3.8) is 0 Å². The number of hydrogen-bond acceptors (Lipinski definition) is 6. The molecule has 8 nitrogen and oxygen atoms in total. The van der Waals surface area contributed by atoms with E-state index in [2.05, 4.69) is 10.6 Å². The molecule has 0 aromatic heterocycles. The first kappa shape index (κ1) is 21.0. The van der Waals surface area contributed by atoms with Crippen LogP contribution in [-0.2, 0) is 4.79 Å². The average molecular weight is 438 g/mol. The third kappa shape index (κ3) is 4.89. The number of fused-ring (bicyclic) bond motifs is 1. The Bertz CT molecular complexity index is 1150. The van der Waals surface area contributed by atoms with Crippen molar-refractivity contribution in [2.45, 2.75) is 0 Å². The van der Waals surface area contributed by atoms with E-state index in [9.17, 15) is 14.0 Å². The molecular formula is C23H19FN2O6. The summed E-state index contributed by atoms with van der Waals surface area (Å²) in [5, 5.41) is 5.38. The summed E-state index contributed by atoms with van der Waals surface area (Å²) < 4.78 is 34.3. The highest BCUT2D eigenvalue weighted by atomic mass is 19.1. The van der Waals surface area contributed by atoms with Gasteiger partial charge in [0.05, 0.1) is 7.11 Å². The van der Waals surface area contributed by atoms with Crippen molar-refractivity contribution < 1.29 is 32.9 Å². The third-order valence-corrected chi connectivity index (χ3v) is 4.54. The van der Waals surface area contributed by atoms with Crippen molar-refractivity contribution in [2.24, 2.45) is 0 Å². The highest BCUT2D eigenvalue weighted by molar-refractivity contribution is 6.04. The Morgan fingerprint density at radius 2 is 1.66 bits per heavy atom. The summed E-state index contributed by atoms with van der Waals surface area (Å²) >= 11 is 0. The molecule has 0 saturated heterocycles. The highest BCUT2D eigenvalue weighted by Gasteiger charge is 2.16. The Labute approximate surface area is 182 Å². The minimum atomic E-state index is -0.428. The second-order valence-electron chi connectivity index (χ2n) is 6.73. The van der Waals surface area contributed by atoms with Gasteiger partial charge in [-0.3, -0.25) is 9.59 Å². The molecule has 1 aliphatic heterocycles. The summed E-state index contributed by atoms with van der Waals surface area (Å²) in [5.41, 5.74) is 1.33. The molecule has 0 radical (unpaired) electrons.